The Morgan fingerprint density at radius 3 is 2.85 bits per heavy atom. The van der Waals surface area contributed by atoms with Gasteiger partial charge in [-0.05, 0) is 41.5 Å². The number of aromatic amines is 1. The van der Waals surface area contributed by atoms with E-state index in [0.717, 1.165) is 50.7 Å². The summed E-state index contributed by atoms with van der Waals surface area (Å²) in [4.78, 5) is 12.3. The highest BCUT2D eigenvalue weighted by Gasteiger charge is 2.15. The minimum atomic E-state index is 0.643. The summed E-state index contributed by atoms with van der Waals surface area (Å²) in [7, 11) is 1.69. The molecule has 0 atom stereocenters. The Labute approximate surface area is 162 Å². The zero-order valence-electron chi connectivity index (χ0n) is 15.4. The van der Waals surface area contributed by atoms with Crippen LogP contribution < -0.4 is 9.47 Å². The smallest absolute Gasteiger partial charge is 0.178 e. The minimum absolute atomic E-state index is 0.643. The fraction of sp³-hybridized carbons (Fsp3) is 0.238. The minimum Gasteiger partial charge on any atom is -0.496 e. The molecule has 0 aliphatic heterocycles. The number of thioether (sulfide) groups is 1. The number of H-pyrrole nitrogens is 1. The Bertz CT molecular complexity index is 1040. The standard InChI is InChI=1S/C21H21N3O2S/c1-3-27-11-10-26-19-13-15-14(6-4-8-18(15)25-2)12-16(19)20-23-17-7-5-9-22-21(17)24-20/h4-9,12-13H,3,10-11H2,1-2H3,(H,22,23,24). The highest BCUT2D eigenvalue weighted by Crippen LogP contribution is 2.37. The number of aromatic nitrogens is 3. The van der Waals surface area contributed by atoms with Crippen LogP contribution in [-0.4, -0.2) is 40.2 Å². The molecule has 0 radical (unpaired) electrons. The summed E-state index contributed by atoms with van der Waals surface area (Å²) < 4.78 is 11.7. The van der Waals surface area contributed by atoms with Crippen LogP contribution >= 0.6 is 11.8 Å². The number of hydrogen-bond acceptors (Lipinski definition) is 5. The van der Waals surface area contributed by atoms with Crippen molar-refractivity contribution >= 4 is 33.7 Å². The Hall–Kier alpha value is -2.73. The van der Waals surface area contributed by atoms with E-state index in [0.29, 0.717) is 12.3 Å². The van der Waals surface area contributed by atoms with Crippen molar-refractivity contribution in [1.29, 1.82) is 0 Å². The molecule has 0 aliphatic carbocycles. The van der Waals surface area contributed by atoms with Crippen molar-refractivity contribution < 1.29 is 9.47 Å². The van der Waals surface area contributed by atoms with E-state index in [4.69, 9.17) is 9.47 Å². The highest BCUT2D eigenvalue weighted by molar-refractivity contribution is 7.99. The summed E-state index contributed by atoms with van der Waals surface area (Å²) in [6.07, 6.45) is 1.75. The maximum absolute atomic E-state index is 6.14. The average molecular weight is 379 g/mol. The number of ether oxygens (including phenoxy) is 2. The number of nitrogens with zero attached hydrogens (tertiary/aromatic N) is 2. The summed E-state index contributed by atoms with van der Waals surface area (Å²) in [5, 5.41) is 2.10. The maximum atomic E-state index is 6.14. The molecule has 0 amide bonds. The molecule has 0 bridgehead atoms. The number of rotatable bonds is 7. The van der Waals surface area contributed by atoms with E-state index in [-0.39, 0.29) is 0 Å². The van der Waals surface area contributed by atoms with Crippen LogP contribution in [0.3, 0.4) is 0 Å². The Balaban J connectivity index is 1.83. The van der Waals surface area contributed by atoms with Crippen LogP contribution in [0.5, 0.6) is 11.5 Å². The van der Waals surface area contributed by atoms with Crippen LogP contribution in [0, 0.1) is 0 Å². The molecule has 4 aromatic rings. The fourth-order valence-electron chi connectivity index (χ4n) is 3.09. The number of imidazole rings is 1. The largest absolute Gasteiger partial charge is 0.496 e. The van der Waals surface area contributed by atoms with Crippen LogP contribution in [0.1, 0.15) is 6.92 Å². The molecule has 6 heteroatoms. The second-order valence-electron chi connectivity index (χ2n) is 6.04. The van der Waals surface area contributed by atoms with Gasteiger partial charge in [-0.1, -0.05) is 19.1 Å². The lowest BCUT2D eigenvalue weighted by Crippen LogP contribution is -2.02. The molecule has 2 aromatic heterocycles. The molecule has 2 aromatic carbocycles. The van der Waals surface area contributed by atoms with E-state index in [1.165, 1.54) is 0 Å². The Morgan fingerprint density at radius 1 is 1.11 bits per heavy atom. The second kappa shape index (κ2) is 7.88. The number of hydrogen-bond donors (Lipinski definition) is 1. The zero-order valence-corrected chi connectivity index (χ0v) is 16.2. The van der Waals surface area contributed by atoms with Gasteiger partial charge in [0.15, 0.2) is 5.65 Å². The molecule has 138 valence electrons. The molecule has 0 fully saturated rings. The average Bonchev–Trinajstić information content (AvgIpc) is 3.14. The van der Waals surface area contributed by atoms with Crippen molar-refractivity contribution in [3.05, 3.63) is 48.7 Å². The molecule has 0 saturated heterocycles. The molecule has 0 unspecified atom stereocenters. The topological polar surface area (TPSA) is 60.0 Å². The van der Waals surface area contributed by atoms with Crippen molar-refractivity contribution in [1.82, 2.24) is 15.0 Å². The fourth-order valence-corrected chi connectivity index (χ4v) is 3.58. The van der Waals surface area contributed by atoms with Gasteiger partial charge in [-0.25, -0.2) is 9.97 Å². The Kier molecular flexibility index (Phi) is 5.16. The number of methoxy groups -OCH3 is 1. The predicted octanol–water partition coefficient (Wildman–Crippen LogP) is 4.92. The van der Waals surface area contributed by atoms with Gasteiger partial charge >= 0.3 is 0 Å². The molecular formula is C21H21N3O2S. The number of pyridine rings is 1. The first kappa shape index (κ1) is 17.7. The zero-order chi connectivity index (χ0) is 18.6. The molecule has 0 spiro atoms. The molecular weight excluding hydrogens is 358 g/mol. The first-order valence-electron chi connectivity index (χ1n) is 8.92. The van der Waals surface area contributed by atoms with Crippen molar-refractivity contribution in [2.75, 3.05) is 25.2 Å². The van der Waals surface area contributed by atoms with Gasteiger partial charge in [-0.15, -0.1) is 0 Å². The number of nitrogens with one attached hydrogen (secondary N) is 1. The molecule has 27 heavy (non-hydrogen) atoms. The van der Waals surface area contributed by atoms with Gasteiger partial charge in [-0.3, -0.25) is 0 Å². The van der Waals surface area contributed by atoms with Gasteiger partial charge < -0.3 is 14.5 Å². The summed E-state index contributed by atoms with van der Waals surface area (Å²) in [5.41, 5.74) is 2.53. The van der Waals surface area contributed by atoms with Gasteiger partial charge in [0.05, 0.1) is 24.8 Å². The van der Waals surface area contributed by atoms with Crippen LogP contribution in [0.25, 0.3) is 33.3 Å². The third kappa shape index (κ3) is 3.57. The summed E-state index contributed by atoms with van der Waals surface area (Å²) >= 11 is 1.86. The quantitative estimate of drug-likeness (QED) is 0.462. The molecule has 0 aliphatic rings. The van der Waals surface area contributed by atoms with Crippen LogP contribution in [0.2, 0.25) is 0 Å². The number of fused-ring (bicyclic) bond motifs is 2. The Morgan fingerprint density at radius 2 is 2.04 bits per heavy atom. The predicted molar refractivity (Wildman–Crippen MR) is 112 cm³/mol. The molecule has 2 heterocycles. The van der Waals surface area contributed by atoms with E-state index < -0.39 is 0 Å². The number of benzene rings is 2. The van der Waals surface area contributed by atoms with Crippen molar-refractivity contribution in [2.24, 2.45) is 0 Å². The first-order valence-corrected chi connectivity index (χ1v) is 10.1. The van der Waals surface area contributed by atoms with E-state index in [2.05, 4.69) is 34.0 Å². The van der Waals surface area contributed by atoms with E-state index in [9.17, 15) is 0 Å². The normalized spacial score (nSPS) is 11.2. The molecule has 5 nitrogen and oxygen atoms in total. The highest BCUT2D eigenvalue weighted by atomic mass is 32.2. The molecule has 1 N–H and O–H groups in total. The van der Waals surface area contributed by atoms with Gasteiger partial charge in [0.1, 0.15) is 17.3 Å². The maximum Gasteiger partial charge on any atom is 0.178 e. The third-order valence-corrected chi connectivity index (χ3v) is 5.23. The molecule has 4 rings (SSSR count). The second-order valence-corrected chi connectivity index (χ2v) is 7.43. The molecule has 0 saturated carbocycles. The van der Waals surface area contributed by atoms with Crippen LogP contribution in [0.15, 0.2) is 48.7 Å². The monoisotopic (exact) mass is 379 g/mol. The van der Waals surface area contributed by atoms with E-state index >= 15 is 0 Å². The summed E-state index contributed by atoms with van der Waals surface area (Å²) in [5.74, 6) is 4.41. The van der Waals surface area contributed by atoms with Crippen molar-refractivity contribution in [3.63, 3.8) is 0 Å². The van der Waals surface area contributed by atoms with Gasteiger partial charge in [0.25, 0.3) is 0 Å². The first-order chi connectivity index (χ1) is 13.3. The van der Waals surface area contributed by atoms with E-state index in [1.54, 1.807) is 13.3 Å². The van der Waals surface area contributed by atoms with E-state index in [1.807, 2.05) is 42.1 Å². The SMILES string of the molecule is CCSCCOc1cc2c(OC)cccc2cc1-c1nc2ncccc2[nH]1. The third-order valence-electron chi connectivity index (χ3n) is 4.36. The van der Waals surface area contributed by atoms with Crippen molar-refractivity contribution in [2.45, 2.75) is 6.92 Å². The van der Waals surface area contributed by atoms with Crippen molar-refractivity contribution in [3.8, 4) is 22.9 Å². The summed E-state index contributed by atoms with van der Waals surface area (Å²) in [6.45, 7) is 2.79. The summed E-state index contributed by atoms with van der Waals surface area (Å²) in [6, 6.07) is 14.0. The lowest BCUT2D eigenvalue weighted by atomic mass is 10.0. The van der Waals surface area contributed by atoms with Gasteiger partial charge in [0, 0.05) is 17.3 Å². The lowest BCUT2D eigenvalue weighted by molar-refractivity contribution is 0.345. The van der Waals surface area contributed by atoms with Crippen LogP contribution in [0.4, 0.5) is 0 Å². The van der Waals surface area contributed by atoms with Gasteiger partial charge in [0.2, 0.25) is 0 Å². The lowest BCUT2D eigenvalue weighted by Gasteiger charge is -2.13. The van der Waals surface area contributed by atoms with Gasteiger partial charge in [-0.2, -0.15) is 11.8 Å². The van der Waals surface area contributed by atoms with Crippen LogP contribution in [-0.2, 0) is 0 Å².